The first-order valence-electron chi connectivity index (χ1n) is 6.79. The van der Waals surface area contributed by atoms with E-state index >= 15 is 0 Å². The molecule has 0 saturated heterocycles. The Balaban J connectivity index is 1.87. The van der Waals surface area contributed by atoms with E-state index in [1.165, 1.54) is 27.4 Å². The zero-order valence-electron chi connectivity index (χ0n) is 12.3. The molecule has 0 amide bonds. The van der Waals surface area contributed by atoms with Gasteiger partial charge in [0.25, 0.3) is 0 Å². The molecule has 3 rings (SSSR count). The number of hydrogen-bond acceptors (Lipinski definition) is 3. The standard InChI is InChI=1S/C16H19N3S/c1-10-5-6-14(11(2)7-10)17-8-15-13(4)18-16-19(15)9-12(3)20-16/h5-7,9,17H,8H2,1-4H3. The molecule has 0 spiro atoms. The van der Waals surface area contributed by atoms with Crippen LogP contribution in [-0.2, 0) is 6.54 Å². The van der Waals surface area contributed by atoms with Crippen LogP contribution in [-0.4, -0.2) is 9.38 Å². The molecule has 0 radical (unpaired) electrons. The number of aromatic nitrogens is 2. The molecule has 0 fully saturated rings. The number of hydrogen-bond donors (Lipinski definition) is 1. The van der Waals surface area contributed by atoms with Gasteiger partial charge < -0.3 is 5.32 Å². The van der Waals surface area contributed by atoms with Crippen LogP contribution in [0.2, 0.25) is 0 Å². The average Bonchev–Trinajstić information content (AvgIpc) is 2.84. The maximum atomic E-state index is 4.62. The lowest BCUT2D eigenvalue weighted by Gasteiger charge is -2.10. The number of benzene rings is 1. The van der Waals surface area contributed by atoms with E-state index in [-0.39, 0.29) is 0 Å². The first-order chi connectivity index (χ1) is 9.54. The predicted octanol–water partition coefficient (Wildman–Crippen LogP) is 4.24. The fourth-order valence-corrected chi connectivity index (χ4v) is 3.40. The summed E-state index contributed by atoms with van der Waals surface area (Å²) in [5.41, 5.74) is 6.11. The lowest BCUT2D eigenvalue weighted by atomic mass is 10.1. The highest BCUT2D eigenvalue weighted by Gasteiger charge is 2.11. The van der Waals surface area contributed by atoms with Crippen molar-refractivity contribution in [2.45, 2.75) is 34.2 Å². The van der Waals surface area contributed by atoms with Gasteiger partial charge in [-0.05, 0) is 39.3 Å². The summed E-state index contributed by atoms with van der Waals surface area (Å²) >= 11 is 1.74. The number of anilines is 1. The van der Waals surface area contributed by atoms with Crippen LogP contribution >= 0.6 is 11.3 Å². The van der Waals surface area contributed by atoms with Crippen LogP contribution in [0.25, 0.3) is 4.96 Å². The summed E-state index contributed by atoms with van der Waals surface area (Å²) in [6.07, 6.45) is 2.17. The fraction of sp³-hybridized carbons (Fsp3) is 0.312. The molecule has 0 saturated carbocycles. The van der Waals surface area contributed by atoms with Crippen molar-refractivity contribution in [1.82, 2.24) is 9.38 Å². The Kier molecular flexibility index (Phi) is 3.26. The van der Waals surface area contributed by atoms with Gasteiger partial charge in [0.05, 0.1) is 17.9 Å². The molecule has 2 heterocycles. The summed E-state index contributed by atoms with van der Waals surface area (Å²) in [5.74, 6) is 0. The van der Waals surface area contributed by atoms with Crippen LogP contribution in [0.1, 0.15) is 27.4 Å². The smallest absolute Gasteiger partial charge is 0.194 e. The minimum atomic E-state index is 0.799. The second-order valence-electron chi connectivity index (χ2n) is 5.31. The Morgan fingerprint density at radius 2 is 2.00 bits per heavy atom. The van der Waals surface area contributed by atoms with E-state index in [4.69, 9.17) is 0 Å². The molecule has 0 bridgehead atoms. The maximum absolute atomic E-state index is 4.62. The zero-order chi connectivity index (χ0) is 14.3. The van der Waals surface area contributed by atoms with Crippen LogP contribution < -0.4 is 5.32 Å². The first-order valence-corrected chi connectivity index (χ1v) is 7.61. The average molecular weight is 285 g/mol. The monoisotopic (exact) mass is 285 g/mol. The number of nitrogens with zero attached hydrogens (tertiary/aromatic N) is 2. The predicted molar refractivity (Wildman–Crippen MR) is 85.8 cm³/mol. The van der Waals surface area contributed by atoms with E-state index in [1.54, 1.807) is 11.3 Å². The highest BCUT2D eigenvalue weighted by Crippen LogP contribution is 2.22. The Hall–Kier alpha value is -1.81. The molecule has 4 heteroatoms. The van der Waals surface area contributed by atoms with Gasteiger partial charge in [-0.15, -0.1) is 11.3 Å². The molecule has 3 aromatic rings. The van der Waals surface area contributed by atoms with E-state index in [9.17, 15) is 0 Å². The van der Waals surface area contributed by atoms with Crippen molar-refractivity contribution in [3.63, 3.8) is 0 Å². The van der Waals surface area contributed by atoms with Gasteiger partial charge >= 0.3 is 0 Å². The number of imidazole rings is 1. The topological polar surface area (TPSA) is 29.3 Å². The highest BCUT2D eigenvalue weighted by molar-refractivity contribution is 7.17. The molecule has 0 aliphatic rings. The van der Waals surface area contributed by atoms with Gasteiger partial charge in [0, 0.05) is 16.8 Å². The highest BCUT2D eigenvalue weighted by atomic mass is 32.1. The molecule has 2 aromatic heterocycles. The normalized spacial score (nSPS) is 11.2. The molecule has 0 unspecified atom stereocenters. The summed E-state index contributed by atoms with van der Waals surface area (Å²) in [5, 5.41) is 3.53. The summed E-state index contributed by atoms with van der Waals surface area (Å²) in [6, 6.07) is 6.50. The van der Waals surface area contributed by atoms with Gasteiger partial charge in [0.1, 0.15) is 0 Å². The minimum Gasteiger partial charge on any atom is -0.379 e. The lowest BCUT2D eigenvalue weighted by molar-refractivity contribution is 0.989. The molecular formula is C16H19N3S. The number of nitrogens with one attached hydrogen (secondary N) is 1. The third-order valence-electron chi connectivity index (χ3n) is 3.57. The van der Waals surface area contributed by atoms with Gasteiger partial charge in [0.15, 0.2) is 4.96 Å². The van der Waals surface area contributed by atoms with Crippen LogP contribution in [0.15, 0.2) is 24.4 Å². The van der Waals surface area contributed by atoms with Gasteiger partial charge in [-0.2, -0.15) is 0 Å². The van der Waals surface area contributed by atoms with Crippen molar-refractivity contribution in [3.8, 4) is 0 Å². The van der Waals surface area contributed by atoms with Gasteiger partial charge in [0.2, 0.25) is 0 Å². The molecule has 20 heavy (non-hydrogen) atoms. The van der Waals surface area contributed by atoms with Gasteiger partial charge in [-0.25, -0.2) is 4.98 Å². The number of thiazole rings is 1. The van der Waals surface area contributed by atoms with Gasteiger partial charge in [-0.3, -0.25) is 4.40 Å². The van der Waals surface area contributed by atoms with Crippen molar-refractivity contribution >= 4 is 22.0 Å². The SMILES string of the molecule is Cc1ccc(NCc2c(C)nc3sc(C)cn23)c(C)c1. The van der Waals surface area contributed by atoms with Crippen molar-refractivity contribution in [3.05, 3.63) is 51.8 Å². The van der Waals surface area contributed by atoms with E-state index < -0.39 is 0 Å². The minimum absolute atomic E-state index is 0.799. The quantitative estimate of drug-likeness (QED) is 0.780. The third kappa shape index (κ3) is 2.31. The molecule has 0 atom stereocenters. The Morgan fingerprint density at radius 1 is 1.20 bits per heavy atom. The summed E-state index contributed by atoms with van der Waals surface area (Å²) in [6.45, 7) is 9.26. The summed E-state index contributed by atoms with van der Waals surface area (Å²) in [4.78, 5) is 7.00. The van der Waals surface area contributed by atoms with Crippen LogP contribution in [0.3, 0.4) is 0 Å². The molecule has 1 aromatic carbocycles. The maximum Gasteiger partial charge on any atom is 0.194 e. The molecule has 104 valence electrons. The molecule has 0 aliphatic heterocycles. The second kappa shape index (κ2) is 4.94. The van der Waals surface area contributed by atoms with Crippen molar-refractivity contribution in [2.24, 2.45) is 0 Å². The van der Waals surface area contributed by atoms with Crippen molar-refractivity contribution < 1.29 is 0 Å². The molecule has 1 N–H and O–H groups in total. The van der Waals surface area contributed by atoms with E-state index in [2.05, 4.69) is 66.8 Å². The van der Waals surface area contributed by atoms with Crippen molar-refractivity contribution in [2.75, 3.05) is 5.32 Å². The number of aryl methyl sites for hydroxylation is 4. The van der Waals surface area contributed by atoms with Gasteiger partial charge in [-0.1, -0.05) is 17.7 Å². The Morgan fingerprint density at radius 3 is 2.75 bits per heavy atom. The number of rotatable bonds is 3. The third-order valence-corrected chi connectivity index (χ3v) is 4.47. The Labute approximate surface area is 123 Å². The molecule has 0 aliphatic carbocycles. The van der Waals surface area contributed by atoms with Crippen molar-refractivity contribution in [1.29, 1.82) is 0 Å². The Bertz CT molecular complexity index is 767. The van der Waals surface area contributed by atoms with Crippen LogP contribution in [0, 0.1) is 27.7 Å². The fourth-order valence-electron chi connectivity index (χ4n) is 2.51. The number of fused-ring (bicyclic) bond motifs is 1. The van der Waals surface area contributed by atoms with E-state index in [0.29, 0.717) is 0 Å². The zero-order valence-corrected chi connectivity index (χ0v) is 13.1. The molecule has 3 nitrogen and oxygen atoms in total. The van der Waals surface area contributed by atoms with E-state index in [1.807, 2.05) is 0 Å². The largest absolute Gasteiger partial charge is 0.379 e. The lowest BCUT2D eigenvalue weighted by Crippen LogP contribution is -2.04. The second-order valence-corrected chi connectivity index (χ2v) is 6.52. The van der Waals surface area contributed by atoms with E-state index in [0.717, 1.165) is 17.2 Å². The van der Waals surface area contributed by atoms with Crippen LogP contribution in [0.5, 0.6) is 0 Å². The van der Waals surface area contributed by atoms with Crippen LogP contribution in [0.4, 0.5) is 5.69 Å². The first kappa shape index (κ1) is 13.2. The molecular weight excluding hydrogens is 266 g/mol. The summed E-state index contributed by atoms with van der Waals surface area (Å²) < 4.78 is 2.20. The summed E-state index contributed by atoms with van der Waals surface area (Å²) in [7, 11) is 0.